The van der Waals surface area contributed by atoms with Gasteiger partial charge in [0.25, 0.3) is 0 Å². The SMILES string of the molecule is COc1cccc(C(C(=O)O)N(C)CC(=O)O)c1OC. The summed E-state index contributed by atoms with van der Waals surface area (Å²) >= 11 is 0. The molecule has 0 bridgehead atoms. The molecule has 7 nitrogen and oxygen atoms in total. The van der Waals surface area contributed by atoms with E-state index in [1.54, 1.807) is 18.2 Å². The second kappa shape index (κ2) is 6.76. The fourth-order valence-corrected chi connectivity index (χ4v) is 1.99. The third-order valence-electron chi connectivity index (χ3n) is 2.79. The van der Waals surface area contributed by atoms with Crippen LogP contribution in [0.25, 0.3) is 0 Å². The molecule has 1 atom stereocenters. The molecule has 0 saturated carbocycles. The smallest absolute Gasteiger partial charge is 0.325 e. The molecule has 0 aliphatic heterocycles. The van der Waals surface area contributed by atoms with Crippen LogP contribution in [-0.2, 0) is 9.59 Å². The summed E-state index contributed by atoms with van der Waals surface area (Å²) in [7, 11) is 4.27. The Labute approximate surface area is 116 Å². The van der Waals surface area contributed by atoms with Crippen LogP contribution in [0.4, 0.5) is 0 Å². The minimum Gasteiger partial charge on any atom is -0.493 e. The lowest BCUT2D eigenvalue weighted by Gasteiger charge is -2.25. The van der Waals surface area contributed by atoms with Gasteiger partial charge >= 0.3 is 11.9 Å². The van der Waals surface area contributed by atoms with Crippen molar-refractivity contribution < 1.29 is 29.3 Å². The fraction of sp³-hybridized carbons (Fsp3) is 0.385. The van der Waals surface area contributed by atoms with Crippen molar-refractivity contribution in [2.75, 3.05) is 27.8 Å². The normalized spacial score (nSPS) is 12.0. The van der Waals surface area contributed by atoms with Gasteiger partial charge in [-0.15, -0.1) is 0 Å². The second-order valence-electron chi connectivity index (χ2n) is 4.13. The summed E-state index contributed by atoms with van der Waals surface area (Å²) in [6.07, 6.45) is 0. The van der Waals surface area contributed by atoms with Crippen molar-refractivity contribution in [2.45, 2.75) is 6.04 Å². The number of para-hydroxylation sites is 1. The van der Waals surface area contributed by atoms with Crippen LogP contribution in [-0.4, -0.2) is 54.9 Å². The molecule has 20 heavy (non-hydrogen) atoms. The van der Waals surface area contributed by atoms with Gasteiger partial charge in [-0.2, -0.15) is 0 Å². The van der Waals surface area contributed by atoms with E-state index in [2.05, 4.69) is 0 Å². The van der Waals surface area contributed by atoms with E-state index in [1.165, 1.54) is 26.2 Å². The summed E-state index contributed by atoms with van der Waals surface area (Å²) in [6, 6.07) is 3.69. The van der Waals surface area contributed by atoms with Crippen molar-refractivity contribution in [3.8, 4) is 11.5 Å². The van der Waals surface area contributed by atoms with Crippen LogP contribution in [0, 0.1) is 0 Å². The van der Waals surface area contributed by atoms with Gasteiger partial charge in [-0.1, -0.05) is 12.1 Å². The van der Waals surface area contributed by atoms with Gasteiger partial charge < -0.3 is 19.7 Å². The van der Waals surface area contributed by atoms with E-state index < -0.39 is 24.5 Å². The fourth-order valence-electron chi connectivity index (χ4n) is 1.99. The number of methoxy groups -OCH3 is 2. The summed E-state index contributed by atoms with van der Waals surface area (Å²) in [4.78, 5) is 23.4. The summed E-state index contributed by atoms with van der Waals surface area (Å²) in [5.74, 6) is -1.61. The van der Waals surface area contributed by atoms with Crippen LogP contribution in [0.5, 0.6) is 11.5 Å². The Bertz CT molecular complexity index is 502. The van der Waals surface area contributed by atoms with E-state index >= 15 is 0 Å². The van der Waals surface area contributed by atoms with Gasteiger partial charge in [-0.3, -0.25) is 14.5 Å². The maximum absolute atomic E-state index is 11.5. The van der Waals surface area contributed by atoms with Gasteiger partial charge in [0.05, 0.1) is 20.8 Å². The first-order valence-electron chi connectivity index (χ1n) is 5.78. The molecule has 0 aliphatic rings. The molecule has 2 N–H and O–H groups in total. The molecule has 0 aliphatic carbocycles. The quantitative estimate of drug-likeness (QED) is 0.765. The molecule has 0 amide bonds. The Morgan fingerprint density at radius 3 is 2.35 bits per heavy atom. The Balaban J connectivity index is 3.28. The molecule has 0 fully saturated rings. The van der Waals surface area contributed by atoms with Crippen molar-refractivity contribution in [3.05, 3.63) is 23.8 Å². The van der Waals surface area contributed by atoms with E-state index in [0.717, 1.165) is 0 Å². The predicted octanol–water partition coefficient (Wildman–Crippen LogP) is 0.846. The molecule has 1 unspecified atom stereocenters. The van der Waals surface area contributed by atoms with E-state index in [1.807, 2.05) is 0 Å². The highest BCUT2D eigenvalue weighted by Gasteiger charge is 2.30. The third-order valence-corrected chi connectivity index (χ3v) is 2.79. The maximum atomic E-state index is 11.5. The zero-order valence-corrected chi connectivity index (χ0v) is 11.5. The number of rotatable bonds is 7. The lowest BCUT2D eigenvalue weighted by atomic mass is 10.0. The Kier molecular flexibility index (Phi) is 5.33. The summed E-state index contributed by atoms with van der Waals surface area (Å²) in [6.45, 7) is -0.405. The summed E-state index contributed by atoms with van der Waals surface area (Å²) in [5.41, 5.74) is 0.336. The first kappa shape index (κ1) is 15.8. The minimum atomic E-state index is -1.17. The largest absolute Gasteiger partial charge is 0.493 e. The number of ether oxygens (including phenoxy) is 2. The number of nitrogens with zero attached hydrogens (tertiary/aromatic N) is 1. The molecule has 1 aromatic rings. The van der Waals surface area contributed by atoms with Crippen molar-refractivity contribution in [1.82, 2.24) is 4.90 Å². The minimum absolute atomic E-state index is 0.277. The average Bonchev–Trinajstić information content (AvgIpc) is 2.37. The maximum Gasteiger partial charge on any atom is 0.325 e. The van der Waals surface area contributed by atoms with Gasteiger partial charge in [-0.25, -0.2) is 0 Å². The lowest BCUT2D eigenvalue weighted by Crippen LogP contribution is -2.35. The Morgan fingerprint density at radius 2 is 1.90 bits per heavy atom. The van der Waals surface area contributed by atoms with Crippen LogP contribution in [0.2, 0.25) is 0 Å². The number of likely N-dealkylation sites (N-methyl/N-ethyl adjacent to an activating group) is 1. The standard InChI is InChI=1S/C13H17NO6/c1-14(7-10(15)16)11(13(17)18)8-5-4-6-9(19-2)12(8)20-3/h4-6,11H,7H2,1-3H3,(H,15,16)(H,17,18). The van der Waals surface area contributed by atoms with Gasteiger partial charge in [0, 0.05) is 5.56 Å². The number of aliphatic carboxylic acids is 2. The molecule has 0 saturated heterocycles. The number of hydrogen-bond acceptors (Lipinski definition) is 5. The van der Waals surface area contributed by atoms with Crippen LogP contribution >= 0.6 is 0 Å². The zero-order chi connectivity index (χ0) is 15.3. The monoisotopic (exact) mass is 283 g/mol. The highest BCUT2D eigenvalue weighted by Crippen LogP contribution is 2.36. The van der Waals surface area contributed by atoms with Crippen molar-refractivity contribution in [3.63, 3.8) is 0 Å². The van der Waals surface area contributed by atoms with E-state index in [9.17, 15) is 14.7 Å². The Hall–Kier alpha value is -2.28. The number of carboxylic acid groups (broad SMARTS) is 2. The number of hydrogen-bond donors (Lipinski definition) is 2. The van der Waals surface area contributed by atoms with E-state index in [-0.39, 0.29) is 5.75 Å². The van der Waals surface area contributed by atoms with Crippen LogP contribution in [0.1, 0.15) is 11.6 Å². The molecule has 1 aromatic carbocycles. The number of carboxylic acids is 2. The van der Waals surface area contributed by atoms with Crippen molar-refractivity contribution in [1.29, 1.82) is 0 Å². The molecule has 7 heteroatoms. The van der Waals surface area contributed by atoms with Crippen molar-refractivity contribution in [2.24, 2.45) is 0 Å². The average molecular weight is 283 g/mol. The molecular weight excluding hydrogens is 266 g/mol. The molecule has 0 aromatic heterocycles. The molecule has 0 heterocycles. The molecule has 1 rings (SSSR count). The predicted molar refractivity (Wildman–Crippen MR) is 70.2 cm³/mol. The van der Waals surface area contributed by atoms with Crippen LogP contribution < -0.4 is 9.47 Å². The first-order valence-corrected chi connectivity index (χ1v) is 5.78. The van der Waals surface area contributed by atoms with Crippen LogP contribution in [0.15, 0.2) is 18.2 Å². The van der Waals surface area contributed by atoms with Crippen molar-refractivity contribution >= 4 is 11.9 Å². The summed E-state index contributed by atoms with van der Waals surface area (Å²) < 4.78 is 10.3. The van der Waals surface area contributed by atoms with Crippen LogP contribution in [0.3, 0.4) is 0 Å². The molecule has 0 radical (unpaired) electrons. The summed E-state index contributed by atoms with van der Waals surface area (Å²) in [5, 5.41) is 18.2. The molecule has 0 spiro atoms. The van der Waals surface area contributed by atoms with E-state index in [4.69, 9.17) is 14.6 Å². The number of benzene rings is 1. The van der Waals surface area contributed by atoms with Gasteiger partial charge in [-0.05, 0) is 13.1 Å². The highest BCUT2D eigenvalue weighted by molar-refractivity contribution is 5.78. The van der Waals surface area contributed by atoms with E-state index in [0.29, 0.717) is 11.3 Å². The van der Waals surface area contributed by atoms with Gasteiger partial charge in [0.2, 0.25) is 0 Å². The number of carbonyl (C=O) groups is 2. The Morgan fingerprint density at radius 1 is 1.25 bits per heavy atom. The molecular formula is C13H17NO6. The van der Waals surface area contributed by atoms with Gasteiger partial charge in [0.1, 0.15) is 6.04 Å². The highest BCUT2D eigenvalue weighted by atomic mass is 16.5. The third kappa shape index (κ3) is 3.39. The zero-order valence-electron chi connectivity index (χ0n) is 11.5. The lowest BCUT2D eigenvalue weighted by molar-refractivity contribution is -0.145. The first-order chi connectivity index (χ1) is 9.42. The van der Waals surface area contributed by atoms with Gasteiger partial charge in [0.15, 0.2) is 11.5 Å². The topological polar surface area (TPSA) is 96.3 Å². The second-order valence-corrected chi connectivity index (χ2v) is 4.13. The molecule has 110 valence electrons.